The molecule has 2 rings (SSSR count). The molecule has 0 unspecified atom stereocenters. The number of thioether (sulfide) groups is 1. The van der Waals surface area contributed by atoms with E-state index in [2.05, 4.69) is 0 Å². The van der Waals surface area contributed by atoms with E-state index < -0.39 is 24.4 Å². The molecule has 1 fully saturated rings. The fraction of sp³-hybridized carbons (Fsp3) is 0.0769. The van der Waals surface area contributed by atoms with Crippen LogP contribution in [0.15, 0.2) is 29.2 Å². The highest BCUT2D eigenvalue weighted by Gasteiger charge is 2.31. The van der Waals surface area contributed by atoms with Crippen molar-refractivity contribution in [3.63, 3.8) is 0 Å². The van der Waals surface area contributed by atoms with Crippen molar-refractivity contribution in [1.82, 2.24) is 4.90 Å². The summed E-state index contributed by atoms with van der Waals surface area (Å²) in [5.74, 6) is -3.28. The van der Waals surface area contributed by atoms with Crippen molar-refractivity contribution < 1.29 is 24.6 Å². The molecule has 0 saturated carbocycles. The third-order valence-corrected chi connectivity index (χ3v) is 3.96. The average Bonchev–Trinajstić information content (AvgIpc) is 2.66. The Morgan fingerprint density at radius 1 is 1.33 bits per heavy atom. The van der Waals surface area contributed by atoms with Crippen LogP contribution < -0.4 is 10.2 Å². The Morgan fingerprint density at radius 2 is 2.05 bits per heavy atom. The second-order valence-corrected chi connectivity index (χ2v) is 5.73. The maximum absolute atomic E-state index is 12.0. The number of carboxylic acid groups (broad SMARTS) is 2. The van der Waals surface area contributed by atoms with Crippen molar-refractivity contribution in [2.24, 2.45) is 0 Å². The zero-order chi connectivity index (χ0) is 15.6. The van der Waals surface area contributed by atoms with E-state index in [0.717, 1.165) is 16.7 Å². The number of carbonyl (C=O) groups excluding carboxylic acids is 3. The number of carboxylic acids is 2. The van der Waals surface area contributed by atoms with E-state index >= 15 is 0 Å². The molecule has 1 saturated heterocycles. The maximum Gasteiger partial charge on any atom is 0.266 e. The molecule has 1 aliphatic rings. The first-order valence-corrected chi connectivity index (χ1v) is 6.87. The summed E-state index contributed by atoms with van der Waals surface area (Å²) >= 11 is 5.88. The summed E-state index contributed by atoms with van der Waals surface area (Å²) in [7, 11) is 0. The third-order valence-electron chi connectivity index (χ3n) is 2.58. The van der Waals surface area contributed by atoms with Crippen LogP contribution in [0.2, 0.25) is 0 Å². The minimum atomic E-state index is -1.41. The van der Waals surface area contributed by atoms with Crippen molar-refractivity contribution in [1.29, 1.82) is 0 Å². The van der Waals surface area contributed by atoms with E-state index in [1.54, 1.807) is 6.07 Å². The van der Waals surface area contributed by atoms with E-state index in [1.807, 2.05) is 0 Å². The molecule has 0 spiro atoms. The van der Waals surface area contributed by atoms with Gasteiger partial charge in [-0.1, -0.05) is 42.2 Å². The summed E-state index contributed by atoms with van der Waals surface area (Å²) in [6, 6.07) is 5.84. The number of thiocarbonyl (C=S) groups is 1. The summed E-state index contributed by atoms with van der Waals surface area (Å²) in [4.78, 5) is 34.5. The molecule has 0 aromatic heterocycles. The Bertz CT molecular complexity index is 683. The van der Waals surface area contributed by atoms with E-state index in [4.69, 9.17) is 12.2 Å². The fourth-order valence-corrected chi connectivity index (χ4v) is 2.93. The van der Waals surface area contributed by atoms with Gasteiger partial charge in [0.2, 0.25) is 0 Å². The molecule has 0 radical (unpaired) electrons. The Balaban J connectivity index is 2.28. The van der Waals surface area contributed by atoms with Crippen LogP contribution in [0.5, 0.6) is 0 Å². The lowest BCUT2D eigenvalue weighted by Gasteiger charge is -2.14. The normalized spacial score (nSPS) is 16.6. The van der Waals surface area contributed by atoms with Gasteiger partial charge in [0.05, 0.1) is 23.4 Å². The number of hydrogen-bond acceptors (Lipinski definition) is 7. The van der Waals surface area contributed by atoms with Gasteiger partial charge in [0.15, 0.2) is 0 Å². The minimum Gasteiger partial charge on any atom is -0.548 e. The van der Waals surface area contributed by atoms with Crippen LogP contribution >= 0.6 is 24.0 Å². The van der Waals surface area contributed by atoms with Crippen molar-refractivity contribution in [2.75, 3.05) is 6.54 Å². The molecule has 108 valence electrons. The van der Waals surface area contributed by atoms with Gasteiger partial charge in [0, 0.05) is 0 Å². The number of rotatable bonds is 4. The summed E-state index contributed by atoms with van der Waals surface area (Å²) in [6.45, 7) is -0.610. The molecule has 1 aromatic carbocycles. The summed E-state index contributed by atoms with van der Waals surface area (Å²) in [5, 5.41) is 21.3. The quantitative estimate of drug-likeness (QED) is 0.518. The highest BCUT2D eigenvalue weighted by molar-refractivity contribution is 8.26. The van der Waals surface area contributed by atoms with Crippen LogP contribution in [-0.2, 0) is 9.59 Å². The first kappa shape index (κ1) is 15.2. The lowest BCUT2D eigenvalue weighted by Crippen LogP contribution is -2.40. The molecule has 0 bridgehead atoms. The third kappa shape index (κ3) is 3.47. The van der Waals surface area contributed by atoms with Crippen molar-refractivity contribution >= 4 is 52.2 Å². The van der Waals surface area contributed by atoms with Crippen LogP contribution in [0, 0.1) is 0 Å². The van der Waals surface area contributed by atoms with Crippen molar-refractivity contribution in [2.45, 2.75) is 0 Å². The van der Waals surface area contributed by atoms with Crippen LogP contribution in [0.1, 0.15) is 15.9 Å². The number of carbonyl (C=O) groups is 3. The van der Waals surface area contributed by atoms with Gasteiger partial charge in [-0.25, -0.2) is 0 Å². The fourth-order valence-electron chi connectivity index (χ4n) is 1.67. The van der Waals surface area contributed by atoms with Gasteiger partial charge < -0.3 is 19.8 Å². The smallest absolute Gasteiger partial charge is 0.266 e. The Labute approximate surface area is 129 Å². The van der Waals surface area contributed by atoms with Gasteiger partial charge in [-0.15, -0.1) is 0 Å². The molecule has 0 N–H and O–H groups in total. The Hall–Kier alpha value is -2.19. The van der Waals surface area contributed by atoms with Crippen molar-refractivity contribution in [3.05, 3.63) is 40.3 Å². The zero-order valence-corrected chi connectivity index (χ0v) is 12.0. The molecule has 8 heteroatoms. The summed E-state index contributed by atoms with van der Waals surface area (Å²) < 4.78 is 0.117. The predicted octanol–water partition coefficient (Wildman–Crippen LogP) is -0.999. The number of nitrogens with zero attached hydrogens (tertiary/aromatic N) is 1. The Kier molecular flexibility index (Phi) is 4.39. The highest BCUT2D eigenvalue weighted by Crippen LogP contribution is 2.32. The standard InChI is InChI=1S/C13H9NO5S2/c15-10(16)6-14-11(17)9(21-13(14)20)5-7-2-1-3-8(4-7)12(18)19/h1-5H,6H2,(H,15,16)(H,18,19)/p-2/b9-5+. The summed E-state index contributed by atoms with van der Waals surface area (Å²) in [6.07, 6.45) is 1.45. The van der Waals surface area contributed by atoms with Gasteiger partial charge in [0.1, 0.15) is 4.32 Å². The van der Waals surface area contributed by atoms with Crippen LogP contribution in [0.25, 0.3) is 6.08 Å². The predicted molar refractivity (Wildman–Crippen MR) is 75.7 cm³/mol. The average molecular weight is 321 g/mol. The molecule has 0 aliphatic carbocycles. The van der Waals surface area contributed by atoms with E-state index in [0.29, 0.717) is 5.56 Å². The molecule has 21 heavy (non-hydrogen) atoms. The molecule has 6 nitrogen and oxygen atoms in total. The van der Waals surface area contributed by atoms with Gasteiger partial charge in [-0.2, -0.15) is 0 Å². The number of hydrogen-bond donors (Lipinski definition) is 0. The molecule has 1 amide bonds. The van der Waals surface area contributed by atoms with Crippen LogP contribution in [-0.4, -0.2) is 33.6 Å². The summed E-state index contributed by atoms with van der Waals surface area (Å²) in [5.41, 5.74) is 0.458. The second kappa shape index (κ2) is 6.06. The van der Waals surface area contributed by atoms with Gasteiger partial charge in [-0.3, -0.25) is 9.69 Å². The van der Waals surface area contributed by atoms with E-state index in [9.17, 15) is 24.6 Å². The SMILES string of the molecule is O=C([O-])CN1C(=O)/C(=C\c2cccc(C(=O)[O-])c2)SC1=S. The van der Waals surface area contributed by atoms with Gasteiger partial charge in [0.25, 0.3) is 5.91 Å². The van der Waals surface area contributed by atoms with Crippen LogP contribution in [0.3, 0.4) is 0 Å². The number of benzene rings is 1. The second-order valence-electron chi connectivity index (χ2n) is 4.05. The van der Waals surface area contributed by atoms with Crippen LogP contribution in [0.4, 0.5) is 0 Å². The lowest BCUT2D eigenvalue weighted by molar-refractivity contribution is -0.305. The minimum absolute atomic E-state index is 0.0195. The molecule has 0 atom stereocenters. The maximum atomic E-state index is 12.0. The van der Waals surface area contributed by atoms with Gasteiger partial charge >= 0.3 is 0 Å². The highest BCUT2D eigenvalue weighted by atomic mass is 32.2. The lowest BCUT2D eigenvalue weighted by atomic mass is 10.1. The molecule has 1 heterocycles. The Morgan fingerprint density at radius 3 is 2.67 bits per heavy atom. The molecule has 1 aliphatic heterocycles. The van der Waals surface area contributed by atoms with E-state index in [-0.39, 0.29) is 14.8 Å². The molecular formula is C13H7NO5S2-2. The van der Waals surface area contributed by atoms with Gasteiger partial charge in [-0.05, 0) is 23.3 Å². The zero-order valence-electron chi connectivity index (χ0n) is 10.4. The topological polar surface area (TPSA) is 101 Å². The molecule has 1 aromatic rings. The number of aromatic carboxylic acids is 1. The first-order chi connectivity index (χ1) is 9.88. The number of aliphatic carboxylic acids is 1. The van der Waals surface area contributed by atoms with Crippen molar-refractivity contribution in [3.8, 4) is 0 Å². The largest absolute Gasteiger partial charge is 0.548 e. The molecular weight excluding hydrogens is 314 g/mol. The monoisotopic (exact) mass is 321 g/mol. The first-order valence-electron chi connectivity index (χ1n) is 5.65. The van der Waals surface area contributed by atoms with E-state index in [1.165, 1.54) is 24.3 Å². The number of amides is 1.